The van der Waals surface area contributed by atoms with Crippen LogP contribution >= 0.6 is 24.0 Å². The summed E-state index contributed by atoms with van der Waals surface area (Å²) in [5.41, 5.74) is 6.24. The molecular formula is C20H35IN4O3. The number of hydrogen-bond donors (Lipinski definition) is 3. The zero-order valence-corrected chi connectivity index (χ0v) is 20.2. The van der Waals surface area contributed by atoms with Gasteiger partial charge in [0.15, 0.2) is 5.96 Å². The first-order valence-corrected chi connectivity index (χ1v) is 9.29. The van der Waals surface area contributed by atoms with E-state index in [4.69, 9.17) is 15.2 Å². The van der Waals surface area contributed by atoms with Crippen molar-refractivity contribution < 1.29 is 14.3 Å². The number of nitrogens with one attached hydrogen (secondary N) is 2. The Bertz CT molecular complexity index is 625. The number of hydrogen-bond acceptors (Lipinski definition) is 4. The molecule has 1 atom stereocenters. The molecule has 0 radical (unpaired) electrons. The summed E-state index contributed by atoms with van der Waals surface area (Å²) < 4.78 is 10.9. The Morgan fingerprint density at radius 1 is 1.14 bits per heavy atom. The number of halogens is 1. The summed E-state index contributed by atoms with van der Waals surface area (Å²) in [6.07, 6.45) is -0.329. The van der Waals surface area contributed by atoms with E-state index in [0.717, 1.165) is 11.4 Å². The minimum Gasteiger partial charge on any atom is -0.491 e. The van der Waals surface area contributed by atoms with Gasteiger partial charge in [-0.15, -0.1) is 24.0 Å². The molecule has 0 spiro atoms. The lowest BCUT2D eigenvalue weighted by molar-refractivity contribution is 0.0493. The van der Waals surface area contributed by atoms with Crippen LogP contribution in [0.25, 0.3) is 0 Å². The number of anilines is 1. The number of benzene rings is 1. The molecule has 0 aromatic heterocycles. The molecule has 8 heteroatoms. The van der Waals surface area contributed by atoms with Gasteiger partial charge in [-0.25, -0.2) is 4.79 Å². The van der Waals surface area contributed by atoms with Crippen LogP contribution in [0, 0.1) is 5.92 Å². The third kappa shape index (κ3) is 11.2. The first kappa shape index (κ1) is 26.3. The summed E-state index contributed by atoms with van der Waals surface area (Å²) in [4.78, 5) is 16.3. The predicted molar refractivity (Wildman–Crippen MR) is 126 cm³/mol. The van der Waals surface area contributed by atoms with Crippen LogP contribution < -0.4 is 21.1 Å². The fraction of sp³-hybridized carbons (Fsp3) is 0.600. The van der Waals surface area contributed by atoms with Crippen LogP contribution in [-0.4, -0.2) is 36.3 Å². The van der Waals surface area contributed by atoms with E-state index < -0.39 is 11.7 Å². The molecule has 1 aromatic rings. The van der Waals surface area contributed by atoms with Gasteiger partial charge in [0.1, 0.15) is 11.4 Å². The van der Waals surface area contributed by atoms with Gasteiger partial charge in [0.2, 0.25) is 0 Å². The van der Waals surface area contributed by atoms with E-state index in [1.807, 2.05) is 72.7 Å². The van der Waals surface area contributed by atoms with E-state index in [0.29, 0.717) is 6.54 Å². The average molecular weight is 506 g/mol. The molecule has 28 heavy (non-hydrogen) atoms. The molecule has 0 heterocycles. The zero-order chi connectivity index (χ0) is 20.6. The van der Waals surface area contributed by atoms with Crippen LogP contribution in [0.15, 0.2) is 29.3 Å². The van der Waals surface area contributed by atoms with E-state index >= 15 is 0 Å². The Morgan fingerprint density at radius 2 is 1.71 bits per heavy atom. The molecule has 0 aliphatic heterocycles. The number of aliphatic imine (C=N–C) groups is 1. The minimum absolute atomic E-state index is 0. The number of rotatable bonds is 7. The van der Waals surface area contributed by atoms with Gasteiger partial charge in [-0.1, -0.05) is 13.8 Å². The number of carbonyl (C=O) groups is 1. The Kier molecular flexibility index (Phi) is 11.2. The molecule has 0 fully saturated rings. The molecular weight excluding hydrogens is 471 g/mol. The molecule has 1 aromatic carbocycles. The van der Waals surface area contributed by atoms with Crippen molar-refractivity contribution in [1.82, 2.24) is 5.32 Å². The zero-order valence-electron chi connectivity index (χ0n) is 17.9. The summed E-state index contributed by atoms with van der Waals surface area (Å²) in [5.74, 6) is 1.26. The molecule has 0 bridgehead atoms. The summed E-state index contributed by atoms with van der Waals surface area (Å²) in [6, 6.07) is 7.31. The Labute approximate surface area is 185 Å². The van der Waals surface area contributed by atoms with Crippen molar-refractivity contribution in [3.05, 3.63) is 24.3 Å². The van der Waals surface area contributed by atoms with Crippen molar-refractivity contribution in [3.63, 3.8) is 0 Å². The standard InChI is InChI=1S/C20H34N4O3.HI/c1-13(2)17(24-19(25)27-20(5,6)7)12-22-18(21)23-15-8-10-16(11-9-15)26-14(3)4;/h8-11,13-14,17H,12H2,1-7H3,(H,24,25)(H3,21,22,23);1H. The van der Waals surface area contributed by atoms with Crippen LogP contribution in [0.1, 0.15) is 48.5 Å². The SMILES string of the molecule is CC(C)Oc1ccc(NC(N)=NCC(NC(=O)OC(C)(C)C)C(C)C)cc1.I. The molecule has 0 saturated heterocycles. The maximum Gasteiger partial charge on any atom is 0.407 e. The van der Waals surface area contributed by atoms with Crippen molar-refractivity contribution >= 4 is 41.7 Å². The second-order valence-electron chi connectivity index (χ2n) is 8.04. The number of carbonyl (C=O) groups excluding carboxylic acids is 1. The van der Waals surface area contributed by atoms with Crippen molar-refractivity contribution in [1.29, 1.82) is 0 Å². The predicted octanol–water partition coefficient (Wildman–Crippen LogP) is 4.37. The molecule has 160 valence electrons. The fourth-order valence-corrected chi connectivity index (χ4v) is 2.16. The second kappa shape index (κ2) is 12.0. The van der Waals surface area contributed by atoms with Gasteiger partial charge >= 0.3 is 6.09 Å². The van der Waals surface area contributed by atoms with Crippen molar-refractivity contribution in [2.45, 2.75) is 66.2 Å². The lowest BCUT2D eigenvalue weighted by atomic mass is 10.1. The normalized spacial score (nSPS) is 13.0. The smallest absolute Gasteiger partial charge is 0.407 e. The highest BCUT2D eigenvalue weighted by Gasteiger charge is 2.21. The fourth-order valence-electron chi connectivity index (χ4n) is 2.16. The molecule has 1 unspecified atom stereocenters. The summed E-state index contributed by atoms with van der Waals surface area (Å²) in [7, 11) is 0. The Hall–Kier alpha value is -1.71. The van der Waals surface area contributed by atoms with Crippen LogP contribution in [0.3, 0.4) is 0 Å². The van der Waals surface area contributed by atoms with Gasteiger partial charge in [0.25, 0.3) is 0 Å². The summed E-state index contributed by atoms with van der Waals surface area (Å²) in [6.45, 7) is 13.8. The monoisotopic (exact) mass is 506 g/mol. The lowest BCUT2D eigenvalue weighted by Gasteiger charge is -2.25. The first-order chi connectivity index (χ1) is 12.5. The maximum absolute atomic E-state index is 12.0. The van der Waals surface area contributed by atoms with E-state index in [-0.39, 0.29) is 48.0 Å². The van der Waals surface area contributed by atoms with Crippen LogP contribution in [-0.2, 0) is 4.74 Å². The minimum atomic E-state index is -0.541. The molecule has 0 aliphatic carbocycles. The highest BCUT2D eigenvalue weighted by Crippen LogP contribution is 2.16. The molecule has 1 amide bonds. The van der Waals surface area contributed by atoms with Crippen LogP contribution in [0.2, 0.25) is 0 Å². The quantitative estimate of drug-likeness (QED) is 0.290. The molecule has 1 rings (SSSR count). The Balaban J connectivity index is 0.00000729. The number of guanidine groups is 1. The van der Waals surface area contributed by atoms with E-state index in [1.165, 1.54) is 0 Å². The number of alkyl carbamates (subject to hydrolysis) is 1. The van der Waals surface area contributed by atoms with E-state index in [2.05, 4.69) is 15.6 Å². The van der Waals surface area contributed by atoms with Crippen molar-refractivity contribution in [2.24, 2.45) is 16.6 Å². The third-order valence-electron chi connectivity index (χ3n) is 3.46. The second-order valence-corrected chi connectivity index (χ2v) is 8.04. The highest BCUT2D eigenvalue weighted by molar-refractivity contribution is 14.0. The van der Waals surface area contributed by atoms with Gasteiger partial charge in [-0.2, -0.15) is 0 Å². The topological polar surface area (TPSA) is 98.0 Å². The van der Waals surface area contributed by atoms with Gasteiger partial charge in [-0.3, -0.25) is 4.99 Å². The highest BCUT2D eigenvalue weighted by atomic mass is 127. The maximum atomic E-state index is 12.0. The van der Waals surface area contributed by atoms with Gasteiger partial charge in [0, 0.05) is 5.69 Å². The van der Waals surface area contributed by atoms with Crippen LogP contribution in [0.5, 0.6) is 5.75 Å². The molecule has 0 aliphatic rings. The number of ether oxygens (including phenoxy) is 2. The van der Waals surface area contributed by atoms with E-state index in [1.54, 1.807) is 0 Å². The largest absolute Gasteiger partial charge is 0.491 e. The van der Waals surface area contributed by atoms with Crippen molar-refractivity contribution in [3.8, 4) is 5.75 Å². The van der Waals surface area contributed by atoms with Gasteiger partial charge in [-0.05, 0) is 64.8 Å². The van der Waals surface area contributed by atoms with Crippen LogP contribution in [0.4, 0.5) is 10.5 Å². The van der Waals surface area contributed by atoms with Gasteiger partial charge in [0.05, 0.1) is 18.7 Å². The lowest BCUT2D eigenvalue weighted by Crippen LogP contribution is -2.44. The molecule has 0 saturated carbocycles. The molecule has 4 N–H and O–H groups in total. The first-order valence-electron chi connectivity index (χ1n) is 9.29. The number of nitrogens with two attached hydrogens (primary N) is 1. The summed E-state index contributed by atoms with van der Waals surface area (Å²) >= 11 is 0. The Morgan fingerprint density at radius 3 is 2.18 bits per heavy atom. The number of amides is 1. The van der Waals surface area contributed by atoms with E-state index in [9.17, 15) is 4.79 Å². The van der Waals surface area contributed by atoms with Gasteiger partial charge < -0.3 is 25.8 Å². The summed E-state index contributed by atoms with van der Waals surface area (Å²) in [5, 5.41) is 5.89. The molecule has 7 nitrogen and oxygen atoms in total. The third-order valence-corrected chi connectivity index (χ3v) is 3.46. The number of nitrogens with zero attached hydrogens (tertiary/aromatic N) is 1. The average Bonchev–Trinajstić information content (AvgIpc) is 2.50. The van der Waals surface area contributed by atoms with Crippen molar-refractivity contribution in [2.75, 3.05) is 11.9 Å².